The fourth-order valence-electron chi connectivity index (χ4n) is 2.91. The molecule has 0 amide bonds. The third-order valence-corrected chi connectivity index (χ3v) is 3.91. The monoisotopic (exact) mass is 275 g/mol. The molecule has 20 heavy (non-hydrogen) atoms. The Labute approximate surface area is 121 Å². The zero-order chi connectivity index (χ0) is 14.8. The van der Waals surface area contributed by atoms with Crippen LogP contribution < -0.4 is 5.73 Å². The van der Waals surface area contributed by atoms with Crippen LogP contribution in [0.2, 0.25) is 0 Å². The lowest BCUT2D eigenvalue weighted by molar-refractivity contribution is -0.160. The summed E-state index contributed by atoms with van der Waals surface area (Å²) in [5.41, 5.74) is 7.14. The van der Waals surface area contributed by atoms with Crippen LogP contribution in [0.25, 0.3) is 0 Å². The van der Waals surface area contributed by atoms with Gasteiger partial charge in [0.05, 0.1) is 5.92 Å². The molecule has 0 unspecified atom stereocenters. The van der Waals surface area contributed by atoms with E-state index in [9.17, 15) is 4.79 Å². The smallest absolute Gasteiger partial charge is 0.311 e. The van der Waals surface area contributed by atoms with E-state index in [0.29, 0.717) is 5.92 Å². The standard InChI is InChI=1S/C17H25NO2/c1-17(2,3)20-16(19)14-10-9-13(15(14)18)11-12-7-5-4-6-8-12/h4-8,13-15H,9-11,18H2,1-3H3/t13-,14-,15-/m0/s1. The van der Waals surface area contributed by atoms with E-state index in [1.54, 1.807) is 0 Å². The Morgan fingerprint density at radius 1 is 1.25 bits per heavy atom. The van der Waals surface area contributed by atoms with E-state index in [0.717, 1.165) is 19.3 Å². The number of hydrogen-bond donors (Lipinski definition) is 1. The fourth-order valence-corrected chi connectivity index (χ4v) is 2.91. The molecule has 3 heteroatoms. The Bertz CT molecular complexity index is 450. The van der Waals surface area contributed by atoms with Gasteiger partial charge in [0.2, 0.25) is 0 Å². The van der Waals surface area contributed by atoms with Gasteiger partial charge in [-0.2, -0.15) is 0 Å². The van der Waals surface area contributed by atoms with Crippen LogP contribution in [0, 0.1) is 11.8 Å². The molecule has 1 aromatic carbocycles. The highest BCUT2D eigenvalue weighted by Crippen LogP contribution is 2.34. The molecule has 1 fully saturated rings. The molecule has 2 rings (SSSR count). The Kier molecular flexibility index (Phi) is 4.48. The van der Waals surface area contributed by atoms with E-state index < -0.39 is 5.60 Å². The average molecular weight is 275 g/mol. The van der Waals surface area contributed by atoms with Crippen LogP contribution in [0.1, 0.15) is 39.2 Å². The normalized spacial score (nSPS) is 26.5. The van der Waals surface area contributed by atoms with Gasteiger partial charge < -0.3 is 10.5 Å². The van der Waals surface area contributed by atoms with E-state index >= 15 is 0 Å². The number of rotatable bonds is 3. The van der Waals surface area contributed by atoms with Crippen molar-refractivity contribution in [2.24, 2.45) is 17.6 Å². The Morgan fingerprint density at radius 2 is 1.90 bits per heavy atom. The van der Waals surface area contributed by atoms with Crippen molar-refractivity contribution in [3.8, 4) is 0 Å². The van der Waals surface area contributed by atoms with Gasteiger partial charge in [0, 0.05) is 6.04 Å². The molecule has 3 atom stereocenters. The Hall–Kier alpha value is -1.35. The molecule has 1 aliphatic carbocycles. The summed E-state index contributed by atoms with van der Waals surface area (Å²) in [5, 5.41) is 0. The molecule has 1 aromatic rings. The Morgan fingerprint density at radius 3 is 2.50 bits per heavy atom. The molecule has 3 nitrogen and oxygen atoms in total. The van der Waals surface area contributed by atoms with E-state index in [-0.39, 0.29) is 17.9 Å². The molecule has 2 N–H and O–H groups in total. The van der Waals surface area contributed by atoms with Gasteiger partial charge in [-0.25, -0.2) is 0 Å². The van der Waals surface area contributed by atoms with Crippen LogP contribution in [-0.2, 0) is 16.0 Å². The topological polar surface area (TPSA) is 52.3 Å². The lowest BCUT2D eigenvalue weighted by Gasteiger charge is -2.25. The van der Waals surface area contributed by atoms with Crippen LogP contribution >= 0.6 is 0 Å². The molecule has 0 spiro atoms. The molecule has 1 aliphatic rings. The summed E-state index contributed by atoms with van der Waals surface area (Å²) in [6.07, 6.45) is 2.79. The van der Waals surface area contributed by atoms with Crippen molar-refractivity contribution in [1.82, 2.24) is 0 Å². The molecule has 0 aliphatic heterocycles. The van der Waals surface area contributed by atoms with E-state index in [1.807, 2.05) is 39.0 Å². The van der Waals surface area contributed by atoms with Crippen molar-refractivity contribution in [2.75, 3.05) is 0 Å². The second-order valence-electron chi connectivity index (χ2n) is 6.74. The minimum atomic E-state index is -0.436. The van der Waals surface area contributed by atoms with Gasteiger partial charge in [0.1, 0.15) is 5.60 Å². The van der Waals surface area contributed by atoms with Gasteiger partial charge in [0.15, 0.2) is 0 Å². The first-order chi connectivity index (χ1) is 9.37. The highest BCUT2D eigenvalue weighted by molar-refractivity contribution is 5.74. The molecule has 0 aromatic heterocycles. The maximum Gasteiger partial charge on any atom is 0.311 e. The highest BCUT2D eigenvalue weighted by atomic mass is 16.6. The van der Waals surface area contributed by atoms with Gasteiger partial charge in [-0.15, -0.1) is 0 Å². The zero-order valence-electron chi connectivity index (χ0n) is 12.6. The summed E-state index contributed by atoms with van der Waals surface area (Å²) in [4.78, 5) is 12.2. The molecule has 0 saturated heterocycles. The number of hydrogen-bond acceptors (Lipinski definition) is 3. The molecule has 0 bridgehead atoms. The van der Waals surface area contributed by atoms with Crippen LogP contribution in [-0.4, -0.2) is 17.6 Å². The van der Waals surface area contributed by atoms with Crippen molar-refractivity contribution in [3.63, 3.8) is 0 Å². The number of nitrogens with two attached hydrogens (primary N) is 1. The number of esters is 1. The van der Waals surface area contributed by atoms with Gasteiger partial charge in [0.25, 0.3) is 0 Å². The molecular weight excluding hydrogens is 250 g/mol. The second kappa shape index (κ2) is 5.96. The predicted molar refractivity (Wildman–Crippen MR) is 80.2 cm³/mol. The lowest BCUT2D eigenvalue weighted by Crippen LogP contribution is -2.39. The average Bonchev–Trinajstić information content (AvgIpc) is 2.70. The van der Waals surface area contributed by atoms with E-state index in [1.165, 1.54) is 5.56 Å². The van der Waals surface area contributed by atoms with Crippen molar-refractivity contribution in [2.45, 2.75) is 51.7 Å². The molecule has 0 heterocycles. The summed E-state index contributed by atoms with van der Waals surface area (Å²) >= 11 is 0. The van der Waals surface area contributed by atoms with Crippen molar-refractivity contribution >= 4 is 5.97 Å². The molecular formula is C17H25NO2. The summed E-state index contributed by atoms with van der Waals surface area (Å²) in [7, 11) is 0. The molecule has 1 saturated carbocycles. The summed E-state index contributed by atoms with van der Waals surface area (Å²) in [6, 6.07) is 10.2. The van der Waals surface area contributed by atoms with Crippen LogP contribution in [0.4, 0.5) is 0 Å². The number of carbonyl (C=O) groups excluding carboxylic acids is 1. The van der Waals surface area contributed by atoms with Crippen LogP contribution in [0.3, 0.4) is 0 Å². The van der Waals surface area contributed by atoms with E-state index in [4.69, 9.17) is 10.5 Å². The second-order valence-corrected chi connectivity index (χ2v) is 6.74. The zero-order valence-corrected chi connectivity index (χ0v) is 12.6. The number of ether oxygens (including phenoxy) is 1. The maximum absolute atomic E-state index is 12.2. The molecule has 0 radical (unpaired) electrons. The third kappa shape index (κ3) is 3.83. The predicted octanol–water partition coefficient (Wildman–Crippen LogP) is 2.92. The quantitative estimate of drug-likeness (QED) is 0.863. The third-order valence-electron chi connectivity index (χ3n) is 3.91. The van der Waals surface area contributed by atoms with Crippen molar-refractivity contribution in [1.29, 1.82) is 0 Å². The Balaban J connectivity index is 1.95. The first-order valence-corrected chi connectivity index (χ1v) is 7.39. The van der Waals surface area contributed by atoms with Gasteiger partial charge in [-0.05, 0) is 51.5 Å². The highest BCUT2D eigenvalue weighted by Gasteiger charge is 2.39. The SMILES string of the molecule is CC(C)(C)OC(=O)[C@H]1CC[C@@H](Cc2ccccc2)[C@@H]1N. The molecule has 110 valence electrons. The van der Waals surface area contributed by atoms with Gasteiger partial charge in [-0.1, -0.05) is 30.3 Å². The minimum absolute atomic E-state index is 0.0925. The first-order valence-electron chi connectivity index (χ1n) is 7.39. The van der Waals surface area contributed by atoms with Gasteiger partial charge in [-0.3, -0.25) is 4.79 Å². The lowest BCUT2D eigenvalue weighted by atomic mass is 9.92. The van der Waals surface area contributed by atoms with E-state index in [2.05, 4.69) is 12.1 Å². The van der Waals surface area contributed by atoms with Crippen LogP contribution in [0.15, 0.2) is 30.3 Å². The summed E-state index contributed by atoms with van der Waals surface area (Å²) < 4.78 is 5.47. The fraction of sp³-hybridized carbons (Fsp3) is 0.588. The van der Waals surface area contributed by atoms with Crippen molar-refractivity contribution in [3.05, 3.63) is 35.9 Å². The first kappa shape index (κ1) is 15.0. The van der Waals surface area contributed by atoms with Crippen molar-refractivity contribution < 1.29 is 9.53 Å². The largest absolute Gasteiger partial charge is 0.460 e. The van der Waals surface area contributed by atoms with Gasteiger partial charge >= 0.3 is 5.97 Å². The number of carbonyl (C=O) groups is 1. The maximum atomic E-state index is 12.2. The minimum Gasteiger partial charge on any atom is -0.460 e. The van der Waals surface area contributed by atoms with Crippen LogP contribution in [0.5, 0.6) is 0 Å². The summed E-state index contributed by atoms with van der Waals surface area (Å²) in [6.45, 7) is 5.69. The summed E-state index contributed by atoms with van der Waals surface area (Å²) in [5.74, 6) is 0.0819. The number of benzene rings is 1.